The van der Waals surface area contributed by atoms with E-state index in [1.165, 1.54) is 19.3 Å². The van der Waals surface area contributed by atoms with Gasteiger partial charge in [-0.15, -0.1) is 0 Å². The standard InChI is InChI=1S/C12H21NO/c1-11(4-3-5-11)8-10(14)12(2)6-7-13-9-12/h13H,3-9H2,1-2H3. The average molecular weight is 195 g/mol. The van der Waals surface area contributed by atoms with E-state index >= 15 is 0 Å². The largest absolute Gasteiger partial charge is 0.316 e. The van der Waals surface area contributed by atoms with Crippen LogP contribution < -0.4 is 5.32 Å². The summed E-state index contributed by atoms with van der Waals surface area (Å²) in [5, 5.41) is 3.29. The Balaban J connectivity index is 1.94. The maximum Gasteiger partial charge on any atom is 0.140 e. The molecule has 0 amide bonds. The summed E-state index contributed by atoms with van der Waals surface area (Å²) in [6.07, 6.45) is 5.66. The normalized spacial score (nSPS) is 35.3. The number of Topliss-reactive ketones (excluding diaryl/α,β-unsaturated/α-hetero) is 1. The van der Waals surface area contributed by atoms with Gasteiger partial charge in [-0.1, -0.05) is 20.3 Å². The van der Waals surface area contributed by atoms with Crippen LogP contribution >= 0.6 is 0 Å². The van der Waals surface area contributed by atoms with Crippen LogP contribution in [0.1, 0.15) is 46.0 Å². The molecule has 2 nitrogen and oxygen atoms in total. The summed E-state index contributed by atoms with van der Waals surface area (Å²) in [4.78, 5) is 12.1. The van der Waals surface area contributed by atoms with Crippen LogP contribution in [0.25, 0.3) is 0 Å². The Hall–Kier alpha value is -0.370. The molecule has 2 rings (SSSR count). The third-order valence-corrected chi connectivity index (χ3v) is 4.19. The van der Waals surface area contributed by atoms with E-state index in [-0.39, 0.29) is 5.41 Å². The first-order chi connectivity index (χ1) is 6.54. The lowest BCUT2D eigenvalue weighted by Gasteiger charge is -2.39. The molecule has 1 aliphatic carbocycles. The number of rotatable bonds is 3. The molecule has 1 saturated carbocycles. The van der Waals surface area contributed by atoms with Crippen LogP contribution in [0.3, 0.4) is 0 Å². The quantitative estimate of drug-likeness (QED) is 0.747. The fourth-order valence-electron chi connectivity index (χ4n) is 2.61. The molecule has 1 heterocycles. The van der Waals surface area contributed by atoms with Crippen molar-refractivity contribution in [1.82, 2.24) is 5.32 Å². The summed E-state index contributed by atoms with van der Waals surface area (Å²) in [6.45, 7) is 6.29. The predicted octanol–water partition coefficient (Wildman–Crippen LogP) is 2.14. The van der Waals surface area contributed by atoms with Crippen LogP contribution in [0, 0.1) is 10.8 Å². The minimum atomic E-state index is -0.0569. The highest BCUT2D eigenvalue weighted by Gasteiger charge is 2.41. The minimum absolute atomic E-state index is 0.0569. The lowest BCUT2D eigenvalue weighted by Crippen LogP contribution is -2.37. The Kier molecular flexibility index (Phi) is 2.42. The number of carbonyl (C=O) groups is 1. The Bertz CT molecular complexity index is 237. The van der Waals surface area contributed by atoms with E-state index < -0.39 is 0 Å². The number of ketones is 1. The van der Waals surface area contributed by atoms with Gasteiger partial charge in [-0.2, -0.15) is 0 Å². The summed E-state index contributed by atoms with van der Waals surface area (Å²) < 4.78 is 0. The van der Waals surface area contributed by atoms with Crippen molar-refractivity contribution in [2.75, 3.05) is 13.1 Å². The lowest BCUT2D eigenvalue weighted by atomic mass is 9.65. The molecule has 2 aliphatic rings. The Morgan fingerprint density at radius 1 is 1.29 bits per heavy atom. The number of carbonyl (C=O) groups excluding carboxylic acids is 1. The van der Waals surface area contributed by atoms with Crippen LogP contribution in [-0.2, 0) is 4.79 Å². The van der Waals surface area contributed by atoms with E-state index in [2.05, 4.69) is 19.2 Å². The van der Waals surface area contributed by atoms with Crippen molar-refractivity contribution in [1.29, 1.82) is 0 Å². The number of hydrogen-bond donors (Lipinski definition) is 1. The van der Waals surface area contributed by atoms with Crippen molar-refractivity contribution in [3.63, 3.8) is 0 Å². The molecule has 0 bridgehead atoms. The molecule has 2 fully saturated rings. The maximum absolute atomic E-state index is 12.1. The zero-order valence-corrected chi connectivity index (χ0v) is 9.36. The highest BCUT2D eigenvalue weighted by atomic mass is 16.1. The second-order valence-electron chi connectivity index (χ2n) is 5.75. The molecule has 1 N–H and O–H groups in total. The van der Waals surface area contributed by atoms with E-state index in [1.54, 1.807) is 0 Å². The summed E-state index contributed by atoms with van der Waals surface area (Å²) >= 11 is 0. The Morgan fingerprint density at radius 3 is 2.43 bits per heavy atom. The predicted molar refractivity (Wildman–Crippen MR) is 57.2 cm³/mol. The summed E-state index contributed by atoms with van der Waals surface area (Å²) in [5.74, 6) is 0.490. The maximum atomic E-state index is 12.1. The smallest absolute Gasteiger partial charge is 0.140 e. The van der Waals surface area contributed by atoms with Gasteiger partial charge in [0.25, 0.3) is 0 Å². The van der Waals surface area contributed by atoms with Crippen LogP contribution in [0.2, 0.25) is 0 Å². The molecule has 0 aromatic heterocycles. The fraction of sp³-hybridized carbons (Fsp3) is 0.917. The molecule has 1 aliphatic heterocycles. The molecule has 80 valence electrons. The van der Waals surface area contributed by atoms with E-state index in [0.717, 1.165) is 25.9 Å². The first kappa shape index (κ1) is 10.2. The topological polar surface area (TPSA) is 29.1 Å². The molecule has 14 heavy (non-hydrogen) atoms. The van der Waals surface area contributed by atoms with Gasteiger partial charge in [0, 0.05) is 18.4 Å². The van der Waals surface area contributed by atoms with Gasteiger partial charge < -0.3 is 5.32 Å². The molecule has 0 spiro atoms. The molecule has 1 atom stereocenters. The number of nitrogens with one attached hydrogen (secondary N) is 1. The molecule has 0 aromatic rings. The second-order valence-corrected chi connectivity index (χ2v) is 5.75. The van der Waals surface area contributed by atoms with E-state index in [0.29, 0.717) is 11.2 Å². The van der Waals surface area contributed by atoms with Gasteiger partial charge in [-0.25, -0.2) is 0 Å². The van der Waals surface area contributed by atoms with Crippen molar-refractivity contribution in [3.8, 4) is 0 Å². The van der Waals surface area contributed by atoms with Crippen molar-refractivity contribution >= 4 is 5.78 Å². The van der Waals surface area contributed by atoms with Crippen LogP contribution in [0.5, 0.6) is 0 Å². The van der Waals surface area contributed by atoms with Crippen molar-refractivity contribution in [3.05, 3.63) is 0 Å². The summed E-state index contributed by atoms with van der Waals surface area (Å²) in [6, 6.07) is 0. The average Bonchev–Trinajstić information content (AvgIpc) is 2.51. The van der Waals surface area contributed by atoms with Crippen molar-refractivity contribution < 1.29 is 4.79 Å². The third kappa shape index (κ3) is 1.72. The van der Waals surface area contributed by atoms with E-state index in [9.17, 15) is 4.79 Å². The Morgan fingerprint density at radius 2 is 2.00 bits per heavy atom. The van der Waals surface area contributed by atoms with Crippen molar-refractivity contribution in [2.24, 2.45) is 10.8 Å². The molecule has 1 unspecified atom stereocenters. The highest BCUT2D eigenvalue weighted by Crippen LogP contribution is 2.45. The van der Waals surface area contributed by atoms with Gasteiger partial charge in [-0.3, -0.25) is 4.79 Å². The second kappa shape index (κ2) is 3.34. The highest BCUT2D eigenvalue weighted by molar-refractivity contribution is 5.85. The number of hydrogen-bond acceptors (Lipinski definition) is 2. The van der Waals surface area contributed by atoms with Gasteiger partial charge in [0.05, 0.1) is 0 Å². The lowest BCUT2D eigenvalue weighted by molar-refractivity contribution is -0.130. The van der Waals surface area contributed by atoms with E-state index in [4.69, 9.17) is 0 Å². The SMILES string of the molecule is CC1(CC(=O)C2(C)CCNC2)CCC1. The van der Waals surface area contributed by atoms with Gasteiger partial charge in [0.15, 0.2) is 0 Å². The molecule has 2 heteroatoms. The summed E-state index contributed by atoms with van der Waals surface area (Å²) in [5.41, 5.74) is 0.293. The zero-order valence-electron chi connectivity index (χ0n) is 9.36. The molecule has 0 radical (unpaired) electrons. The van der Waals surface area contributed by atoms with Gasteiger partial charge in [-0.05, 0) is 31.2 Å². The summed E-state index contributed by atoms with van der Waals surface area (Å²) in [7, 11) is 0. The van der Waals surface area contributed by atoms with E-state index in [1.807, 2.05) is 0 Å². The first-order valence-corrected chi connectivity index (χ1v) is 5.78. The zero-order chi connectivity index (χ0) is 10.2. The van der Waals surface area contributed by atoms with Gasteiger partial charge in [0.1, 0.15) is 5.78 Å². The fourth-order valence-corrected chi connectivity index (χ4v) is 2.61. The van der Waals surface area contributed by atoms with Crippen LogP contribution in [0.4, 0.5) is 0 Å². The monoisotopic (exact) mass is 195 g/mol. The van der Waals surface area contributed by atoms with Gasteiger partial charge in [0.2, 0.25) is 0 Å². The van der Waals surface area contributed by atoms with Gasteiger partial charge >= 0.3 is 0 Å². The van der Waals surface area contributed by atoms with Crippen LogP contribution in [0.15, 0.2) is 0 Å². The first-order valence-electron chi connectivity index (χ1n) is 5.78. The molecule has 1 saturated heterocycles. The minimum Gasteiger partial charge on any atom is -0.316 e. The molecular weight excluding hydrogens is 174 g/mol. The van der Waals surface area contributed by atoms with Crippen molar-refractivity contribution in [2.45, 2.75) is 46.0 Å². The molecule has 0 aromatic carbocycles. The molecular formula is C12H21NO. The third-order valence-electron chi connectivity index (χ3n) is 4.19. The van der Waals surface area contributed by atoms with Crippen LogP contribution in [-0.4, -0.2) is 18.9 Å². The Labute approximate surface area is 86.5 Å².